The van der Waals surface area contributed by atoms with Crippen molar-refractivity contribution in [3.05, 3.63) is 0 Å². The normalized spacial score (nSPS) is 39.9. The zero-order chi connectivity index (χ0) is 13.2. The number of carbonyl (C=O) groups is 1. The summed E-state index contributed by atoms with van der Waals surface area (Å²) >= 11 is 0. The van der Waals surface area contributed by atoms with Crippen LogP contribution in [0.25, 0.3) is 0 Å². The smallest absolute Gasteiger partial charge is 0.332 e. The van der Waals surface area contributed by atoms with Crippen molar-refractivity contribution in [1.29, 1.82) is 0 Å². The summed E-state index contributed by atoms with van der Waals surface area (Å²) in [5.74, 6) is -1.27. The van der Waals surface area contributed by atoms with Crippen LogP contribution in [0.15, 0.2) is 0 Å². The molecule has 0 bridgehead atoms. The first kappa shape index (κ1) is 14.3. The van der Waals surface area contributed by atoms with Crippen molar-refractivity contribution >= 4 is 5.97 Å². The molecule has 8 heteroatoms. The molecule has 5 N–H and O–H groups in total. The maximum Gasteiger partial charge on any atom is 0.332 e. The second-order valence-corrected chi connectivity index (χ2v) is 3.81. The molecule has 0 aromatic carbocycles. The van der Waals surface area contributed by atoms with E-state index >= 15 is 0 Å². The highest BCUT2D eigenvalue weighted by Gasteiger charge is 2.45. The average Bonchev–Trinajstić information content (AvgIpc) is 2.28. The van der Waals surface area contributed by atoms with Gasteiger partial charge in [0, 0.05) is 0 Å². The van der Waals surface area contributed by atoms with Gasteiger partial charge in [-0.3, -0.25) is 0 Å². The van der Waals surface area contributed by atoms with Crippen LogP contribution in [0.4, 0.5) is 0 Å². The quantitative estimate of drug-likeness (QED) is 0.364. The summed E-state index contributed by atoms with van der Waals surface area (Å²) in [6.45, 7) is 0.629. The van der Waals surface area contributed by atoms with Gasteiger partial charge < -0.3 is 35.0 Å². The molecule has 1 fully saturated rings. The van der Waals surface area contributed by atoms with E-state index in [0.717, 1.165) is 0 Å². The van der Waals surface area contributed by atoms with E-state index in [0.29, 0.717) is 0 Å². The summed E-state index contributed by atoms with van der Waals surface area (Å²) in [6.07, 6.45) is -8.42. The molecule has 6 atom stereocenters. The number of hydrogen-bond acceptors (Lipinski definition) is 7. The van der Waals surface area contributed by atoms with Gasteiger partial charge in [-0.15, -0.1) is 0 Å². The molecule has 1 heterocycles. The van der Waals surface area contributed by atoms with Crippen LogP contribution in [0.5, 0.6) is 0 Å². The fourth-order valence-corrected chi connectivity index (χ4v) is 1.52. The van der Waals surface area contributed by atoms with E-state index in [1.54, 1.807) is 0 Å². The van der Waals surface area contributed by atoms with E-state index in [2.05, 4.69) is 0 Å². The number of aliphatic hydroxyl groups is 4. The summed E-state index contributed by atoms with van der Waals surface area (Å²) < 4.78 is 9.64. The topological polar surface area (TPSA) is 137 Å². The molecule has 100 valence electrons. The van der Waals surface area contributed by atoms with Crippen LogP contribution in [-0.4, -0.2) is 74.9 Å². The number of aliphatic carboxylic acids is 1. The Hall–Kier alpha value is -0.770. The molecule has 0 aromatic rings. The molecule has 1 saturated heterocycles. The molecule has 1 rings (SSSR count). The van der Waals surface area contributed by atoms with Crippen molar-refractivity contribution in [2.24, 2.45) is 0 Å². The number of hydrogen-bond donors (Lipinski definition) is 5. The number of carboxylic acid groups (broad SMARTS) is 1. The first-order chi connectivity index (χ1) is 7.88. The van der Waals surface area contributed by atoms with Gasteiger partial charge in [-0.05, 0) is 6.92 Å². The standard InChI is InChI=1S/C9H16O8/c1-3(8(13)14)16-7-5(11)4(2-10)17-9(15)6(7)12/h3-7,9-12,15H,2H2,1H3,(H,13,14)/t3?,4-,5+,6-,7+,9?/m1/s1. The molecule has 0 amide bonds. The van der Waals surface area contributed by atoms with Gasteiger partial charge in [0.15, 0.2) is 12.4 Å². The van der Waals surface area contributed by atoms with Gasteiger partial charge >= 0.3 is 5.97 Å². The van der Waals surface area contributed by atoms with Crippen molar-refractivity contribution in [2.45, 2.75) is 43.7 Å². The van der Waals surface area contributed by atoms with Crippen molar-refractivity contribution in [3.8, 4) is 0 Å². The van der Waals surface area contributed by atoms with E-state index in [-0.39, 0.29) is 0 Å². The van der Waals surface area contributed by atoms with E-state index in [4.69, 9.17) is 19.7 Å². The Kier molecular flexibility index (Phi) is 4.80. The Balaban J connectivity index is 2.74. The lowest BCUT2D eigenvalue weighted by Gasteiger charge is -2.40. The van der Waals surface area contributed by atoms with Crippen LogP contribution in [0, 0.1) is 0 Å². The third-order valence-corrected chi connectivity index (χ3v) is 2.55. The highest BCUT2D eigenvalue weighted by atomic mass is 16.6. The van der Waals surface area contributed by atoms with Crippen molar-refractivity contribution < 1.29 is 39.8 Å². The van der Waals surface area contributed by atoms with E-state index in [9.17, 15) is 20.1 Å². The van der Waals surface area contributed by atoms with Crippen molar-refractivity contribution in [2.75, 3.05) is 6.61 Å². The van der Waals surface area contributed by atoms with Crippen molar-refractivity contribution in [1.82, 2.24) is 0 Å². The Morgan fingerprint density at radius 3 is 2.41 bits per heavy atom. The van der Waals surface area contributed by atoms with Crippen LogP contribution in [-0.2, 0) is 14.3 Å². The highest BCUT2D eigenvalue weighted by Crippen LogP contribution is 2.23. The van der Waals surface area contributed by atoms with Gasteiger partial charge in [0.1, 0.15) is 24.4 Å². The van der Waals surface area contributed by atoms with Crippen LogP contribution in [0.2, 0.25) is 0 Å². The molecule has 17 heavy (non-hydrogen) atoms. The van der Waals surface area contributed by atoms with Crippen LogP contribution >= 0.6 is 0 Å². The lowest BCUT2D eigenvalue weighted by atomic mass is 9.99. The Labute approximate surface area is 97.0 Å². The predicted molar refractivity (Wildman–Crippen MR) is 52.0 cm³/mol. The minimum Gasteiger partial charge on any atom is -0.479 e. The zero-order valence-electron chi connectivity index (χ0n) is 9.13. The second kappa shape index (κ2) is 5.71. The van der Waals surface area contributed by atoms with Gasteiger partial charge in [0.05, 0.1) is 6.61 Å². The predicted octanol–water partition coefficient (Wildman–Crippen LogP) is -2.72. The molecule has 1 aliphatic rings. The van der Waals surface area contributed by atoms with E-state index in [1.807, 2.05) is 0 Å². The van der Waals surface area contributed by atoms with Crippen LogP contribution < -0.4 is 0 Å². The van der Waals surface area contributed by atoms with Crippen LogP contribution in [0.3, 0.4) is 0 Å². The second-order valence-electron chi connectivity index (χ2n) is 3.81. The summed E-state index contributed by atoms with van der Waals surface area (Å²) in [5, 5.41) is 46.0. The summed E-state index contributed by atoms with van der Waals surface area (Å²) in [4.78, 5) is 10.6. The average molecular weight is 252 g/mol. The number of aliphatic hydroxyl groups excluding tert-OH is 4. The summed E-state index contributed by atoms with van der Waals surface area (Å²) in [7, 11) is 0. The molecule has 0 saturated carbocycles. The maximum atomic E-state index is 10.6. The van der Waals surface area contributed by atoms with Gasteiger partial charge in [-0.2, -0.15) is 0 Å². The van der Waals surface area contributed by atoms with Crippen molar-refractivity contribution in [3.63, 3.8) is 0 Å². The molecule has 0 aromatic heterocycles. The Morgan fingerprint density at radius 2 is 1.94 bits per heavy atom. The molecule has 1 aliphatic heterocycles. The minimum atomic E-state index is -1.65. The molecule has 2 unspecified atom stereocenters. The highest BCUT2D eigenvalue weighted by molar-refractivity contribution is 5.71. The summed E-state index contributed by atoms with van der Waals surface area (Å²) in [6, 6.07) is 0. The molecule has 0 spiro atoms. The molecular weight excluding hydrogens is 236 g/mol. The third kappa shape index (κ3) is 3.12. The number of rotatable bonds is 4. The van der Waals surface area contributed by atoms with E-state index in [1.165, 1.54) is 6.92 Å². The largest absolute Gasteiger partial charge is 0.479 e. The fourth-order valence-electron chi connectivity index (χ4n) is 1.52. The maximum absolute atomic E-state index is 10.6. The first-order valence-corrected chi connectivity index (χ1v) is 5.07. The Bertz CT molecular complexity index is 270. The summed E-state index contributed by atoms with van der Waals surface area (Å²) in [5.41, 5.74) is 0. The number of ether oxygens (including phenoxy) is 2. The zero-order valence-corrected chi connectivity index (χ0v) is 9.13. The Morgan fingerprint density at radius 1 is 1.35 bits per heavy atom. The fraction of sp³-hybridized carbons (Fsp3) is 0.889. The molecule has 0 aliphatic carbocycles. The molecular formula is C9H16O8. The number of carboxylic acids is 1. The molecule has 0 radical (unpaired) electrons. The van der Waals surface area contributed by atoms with Gasteiger partial charge in [0.2, 0.25) is 0 Å². The lowest BCUT2D eigenvalue weighted by Crippen LogP contribution is -2.60. The van der Waals surface area contributed by atoms with Gasteiger partial charge in [-0.25, -0.2) is 4.79 Å². The van der Waals surface area contributed by atoms with E-state index < -0.39 is 49.4 Å². The monoisotopic (exact) mass is 252 g/mol. The third-order valence-electron chi connectivity index (χ3n) is 2.55. The lowest BCUT2D eigenvalue weighted by molar-refractivity contribution is -0.298. The van der Waals surface area contributed by atoms with Crippen LogP contribution in [0.1, 0.15) is 6.92 Å². The minimum absolute atomic E-state index is 0.591. The first-order valence-electron chi connectivity index (χ1n) is 5.07. The van der Waals surface area contributed by atoms with Gasteiger partial charge in [0.25, 0.3) is 0 Å². The molecule has 8 nitrogen and oxygen atoms in total. The van der Waals surface area contributed by atoms with Gasteiger partial charge in [-0.1, -0.05) is 0 Å². The SMILES string of the molecule is CC(O[C@H]1[C@@H](O)[C@@H](CO)OC(O)[C@@H]1O)C(=O)O.